The summed E-state index contributed by atoms with van der Waals surface area (Å²) in [6.45, 7) is 8.02. The average Bonchev–Trinajstić information content (AvgIpc) is 3.31. The van der Waals surface area contributed by atoms with Crippen LogP contribution in [0.5, 0.6) is 0 Å². The van der Waals surface area contributed by atoms with E-state index in [0.717, 1.165) is 42.5 Å². The van der Waals surface area contributed by atoms with Crippen molar-refractivity contribution in [2.45, 2.75) is 85.1 Å². The predicted molar refractivity (Wildman–Crippen MR) is 118 cm³/mol. The van der Waals surface area contributed by atoms with Crippen LogP contribution in [0.15, 0.2) is 0 Å². The molecule has 0 spiro atoms. The number of hydrogen-bond donors (Lipinski definition) is 0. The smallest absolute Gasteiger partial charge is 0.158 e. The SMILES string of the molecule is COCC12CCC(C)CC1CCC1C3CCC(C(=O)Cn4nnnc4C)C3(C)CCC12. The number of hydrogen-bond acceptors (Lipinski definition) is 5. The lowest BCUT2D eigenvalue weighted by Gasteiger charge is -2.61. The second-order valence-corrected chi connectivity index (χ2v) is 11.7. The van der Waals surface area contributed by atoms with Gasteiger partial charge in [-0.2, -0.15) is 0 Å². The average molecular weight is 429 g/mol. The first kappa shape index (κ1) is 21.5. The molecule has 1 heterocycles. The summed E-state index contributed by atoms with van der Waals surface area (Å²) in [5.74, 6) is 5.16. The van der Waals surface area contributed by atoms with Crippen LogP contribution < -0.4 is 0 Å². The van der Waals surface area contributed by atoms with Crippen molar-refractivity contribution < 1.29 is 9.53 Å². The number of nitrogens with zero attached hydrogens (tertiary/aromatic N) is 4. The van der Waals surface area contributed by atoms with Gasteiger partial charge in [-0.05, 0) is 109 Å². The zero-order chi connectivity index (χ0) is 21.8. The van der Waals surface area contributed by atoms with Gasteiger partial charge in [0.05, 0.1) is 6.61 Å². The van der Waals surface area contributed by atoms with Gasteiger partial charge in [-0.1, -0.05) is 20.3 Å². The van der Waals surface area contributed by atoms with Crippen LogP contribution in [0.3, 0.4) is 0 Å². The van der Waals surface area contributed by atoms with Crippen molar-refractivity contribution >= 4 is 5.78 Å². The fourth-order valence-electron chi connectivity index (χ4n) is 9.00. The van der Waals surface area contributed by atoms with Crippen molar-refractivity contribution in [3.8, 4) is 0 Å². The number of carbonyl (C=O) groups excluding carboxylic acids is 1. The molecule has 1 aromatic rings. The Hall–Kier alpha value is -1.30. The molecule has 4 fully saturated rings. The standard InChI is InChI=1S/C25H40N4O2/c1-16-9-12-25(15-31-4)18(13-16)5-6-19-20-7-8-22(24(20,3)11-10-21(19)25)23(30)14-29-17(2)26-27-28-29/h16,18-22H,5-15H2,1-4H3. The number of ether oxygens (including phenoxy) is 1. The molecule has 4 aliphatic carbocycles. The number of Topliss-reactive ketones (excluding diaryl/α,β-unsaturated/α-hetero) is 1. The molecule has 0 aliphatic heterocycles. The molecular formula is C25H40N4O2. The maximum absolute atomic E-state index is 13.4. The molecular weight excluding hydrogens is 388 g/mol. The summed E-state index contributed by atoms with van der Waals surface area (Å²) in [6, 6.07) is 0. The molecule has 0 radical (unpaired) electrons. The number of methoxy groups -OCH3 is 1. The Bertz CT molecular complexity index is 824. The van der Waals surface area contributed by atoms with Gasteiger partial charge in [-0.3, -0.25) is 4.79 Å². The van der Waals surface area contributed by atoms with Crippen LogP contribution in [0.4, 0.5) is 0 Å². The fraction of sp³-hybridized carbons (Fsp3) is 0.920. The number of tetrazole rings is 1. The second kappa shape index (κ2) is 7.93. The normalized spacial score (nSPS) is 44.4. The van der Waals surface area contributed by atoms with E-state index in [2.05, 4.69) is 29.4 Å². The van der Waals surface area contributed by atoms with Gasteiger partial charge < -0.3 is 4.74 Å². The molecule has 0 amide bonds. The van der Waals surface area contributed by atoms with E-state index in [-0.39, 0.29) is 11.3 Å². The Labute approximate surface area is 186 Å². The summed E-state index contributed by atoms with van der Waals surface area (Å²) in [5, 5.41) is 11.7. The molecule has 4 saturated carbocycles. The Morgan fingerprint density at radius 2 is 1.97 bits per heavy atom. The zero-order valence-electron chi connectivity index (χ0n) is 19.8. The van der Waals surface area contributed by atoms with Crippen LogP contribution >= 0.6 is 0 Å². The van der Waals surface area contributed by atoms with Gasteiger partial charge in [-0.25, -0.2) is 4.68 Å². The summed E-state index contributed by atoms with van der Waals surface area (Å²) >= 11 is 0. The van der Waals surface area contributed by atoms with E-state index in [1.165, 1.54) is 51.4 Å². The quantitative estimate of drug-likeness (QED) is 0.692. The monoisotopic (exact) mass is 428 g/mol. The van der Waals surface area contributed by atoms with Crippen molar-refractivity contribution in [3.05, 3.63) is 5.82 Å². The van der Waals surface area contributed by atoms with Crippen molar-refractivity contribution in [1.82, 2.24) is 20.2 Å². The van der Waals surface area contributed by atoms with E-state index < -0.39 is 0 Å². The molecule has 5 rings (SSSR count). The van der Waals surface area contributed by atoms with Crippen molar-refractivity contribution in [1.29, 1.82) is 0 Å². The summed E-state index contributed by atoms with van der Waals surface area (Å²) < 4.78 is 7.59. The summed E-state index contributed by atoms with van der Waals surface area (Å²) in [7, 11) is 1.91. The third kappa shape index (κ3) is 3.30. The largest absolute Gasteiger partial charge is 0.384 e. The van der Waals surface area contributed by atoms with Gasteiger partial charge in [0.1, 0.15) is 12.4 Å². The van der Waals surface area contributed by atoms with Gasteiger partial charge in [-0.15, -0.1) is 5.10 Å². The summed E-state index contributed by atoms with van der Waals surface area (Å²) in [5.41, 5.74) is 0.528. The summed E-state index contributed by atoms with van der Waals surface area (Å²) in [4.78, 5) is 13.4. The van der Waals surface area contributed by atoms with Gasteiger partial charge in [0, 0.05) is 13.0 Å². The van der Waals surface area contributed by atoms with Crippen LogP contribution in [0.1, 0.15) is 77.5 Å². The molecule has 8 unspecified atom stereocenters. The van der Waals surface area contributed by atoms with Gasteiger partial charge in [0.2, 0.25) is 0 Å². The lowest BCUT2D eigenvalue weighted by molar-refractivity contribution is -0.154. The number of carbonyl (C=O) groups is 1. The molecule has 6 heteroatoms. The maximum atomic E-state index is 13.4. The van der Waals surface area contributed by atoms with E-state index in [0.29, 0.717) is 23.7 Å². The number of aryl methyl sites for hydroxylation is 1. The van der Waals surface area contributed by atoms with Gasteiger partial charge >= 0.3 is 0 Å². The van der Waals surface area contributed by atoms with Gasteiger partial charge in [0.25, 0.3) is 0 Å². The molecule has 0 aromatic carbocycles. The number of rotatable bonds is 5. The van der Waals surface area contributed by atoms with E-state index in [9.17, 15) is 4.79 Å². The van der Waals surface area contributed by atoms with E-state index in [1.807, 2.05) is 14.0 Å². The lowest BCUT2D eigenvalue weighted by Crippen LogP contribution is -2.56. The van der Waals surface area contributed by atoms with Crippen molar-refractivity contribution in [2.75, 3.05) is 13.7 Å². The second-order valence-electron chi connectivity index (χ2n) is 11.7. The van der Waals surface area contributed by atoms with Crippen LogP contribution in [-0.4, -0.2) is 39.7 Å². The molecule has 172 valence electrons. The Morgan fingerprint density at radius 1 is 1.13 bits per heavy atom. The third-order valence-electron chi connectivity index (χ3n) is 10.4. The highest BCUT2D eigenvalue weighted by Crippen LogP contribution is 2.68. The van der Waals surface area contributed by atoms with Crippen LogP contribution in [-0.2, 0) is 16.1 Å². The predicted octanol–water partition coefficient (Wildman–Crippen LogP) is 4.47. The number of fused-ring (bicyclic) bond motifs is 5. The molecule has 6 nitrogen and oxygen atoms in total. The maximum Gasteiger partial charge on any atom is 0.158 e. The van der Waals surface area contributed by atoms with Crippen LogP contribution in [0.2, 0.25) is 0 Å². The Morgan fingerprint density at radius 3 is 2.71 bits per heavy atom. The Kier molecular flexibility index (Phi) is 5.51. The summed E-state index contributed by atoms with van der Waals surface area (Å²) in [6.07, 6.45) is 11.5. The fourth-order valence-corrected chi connectivity index (χ4v) is 9.00. The first-order valence-corrected chi connectivity index (χ1v) is 12.6. The highest BCUT2D eigenvalue weighted by molar-refractivity contribution is 5.82. The van der Waals surface area contributed by atoms with Crippen molar-refractivity contribution in [2.24, 2.45) is 46.3 Å². The molecule has 8 atom stereocenters. The minimum Gasteiger partial charge on any atom is -0.384 e. The minimum absolute atomic E-state index is 0.142. The molecule has 0 saturated heterocycles. The molecule has 31 heavy (non-hydrogen) atoms. The Balaban J connectivity index is 1.38. The topological polar surface area (TPSA) is 69.9 Å². The third-order valence-corrected chi connectivity index (χ3v) is 10.4. The van der Waals surface area contributed by atoms with E-state index in [4.69, 9.17) is 4.74 Å². The highest BCUT2D eigenvalue weighted by Gasteiger charge is 2.62. The molecule has 1 aromatic heterocycles. The first-order valence-electron chi connectivity index (χ1n) is 12.6. The highest BCUT2D eigenvalue weighted by atomic mass is 16.5. The lowest BCUT2D eigenvalue weighted by atomic mass is 9.44. The number of aromatic nitrogens is 4. The van der Waals surface area contributed by atoms with E-state index >= 15 is 0 Å². The zero-order valence-corrected chi connectivity index (χ0v) is 19.8. The van der Waals surface area contributed by atoms with Crippen LogP contribution in [0, 0.1) is 53.3 Å². The first-order chi connectivity index (χ1) is 14.9. The minimum atomic E-state index is 0.142. The van der Waals surface area contributed by atoms with Crippen molar-refractivity contribution in [3.63, 3.8) is 0 Å². The molecule has 0 N–H and O–H groups in total. The molecule has 0 bridgehead atoms. The number of ketones is 1. The van der Waals surface area contributed by atoms with E-state index in [1.54, 1.807) is 4.68 Å². The van der Waals surface area contributed by atoms with Gasteiger partial charge in [0.15, 0.2) is 5.78 Å². The van der Waals surface area contributed by atoms with Crippen LogP contribution in [0.25, 0.3) is 0 Å². The molecule has 4 aliphatic rings.